The van der Waals surface area contributed by atoms with E-state index in [1.54, 1.807) is 12.1 Å². The molecule has 104 valence electrons. The third-order valence-corrected chi connectivity index (χ3v) is 4.22. The molecule has 0 aromatic heterocycles. The largest absolute Gasteiger partial charge is 0.282 e. The molecule has 0 unspecified atom stereocenters. The summed E-state index contributed by atoms with van der Waals surface area (Å²) >= 11 is 5.80. The van der Waals surface area contributed by atoms with Gasteiger partial charge in [0.25, 0.3) is 10.0 Å². The van der Waals surface area contributed by atoms with Gasteiger partial charge in [-0.3, -0.25) is 0 Å². The highest BCUT2D eigenvalue weighted by atomic mass is 35.5. The second kappa shape index (κ2) is 5.73. The molecule has 2 aromatic rings. The van der Waals surface area contributed by atoms with Crippen LogP contribution >= 0.6 is 11.6 Å². The summed E-state index contributed by atoms with van der Waals surface area (Å²) in [6, 6.07) is 10.3. The fourth-order valence-corrected chi connectivity index (χ4v) is 2.58. The van der Waals surface area contributed by atoms with Crippen molar-refractivity contribution >= 4 is 27.8 Å². The number of halogens is 2. The Balaban J connectivity index is 2.37. The lowest BCUT2D eigenvalue weighted by atomic mass is 10.2. The van der Waals surface area contributed by atoms with Gasteiger partial charge in [0, 0.05) is 5.56 Å². The molecule has 2 rings (SSSR count). The van der Waals surface area contributed by atoms with Crippen LogP contribution in [0.2, 0.25) is 5.02 Å². The zero-order valence-corrected chi connectivity index (χ0v) is 12.1. The van der Waals surface area contributed by atoms with Gasteiger partial charge in [-0.15, -0.1) is 0 Å². The van der Waals surface area contributed by atoms with Gasteiger partial charge in [-0.1, -0.05) is 35.4 Å². The van der Waals surface area contributed by atoms with Crippen molar-refractivity contribution in [1.82, 2.24) is 0 Å². The fraction of sp³-hybridized carbons (Fsp3) is 0.0714. The van der Waals surface area contributed by atoms with Crippen LogP contribution in [0, 0.1) is 12.7 Å². The highest BCUT2D eigenvalue weighted by molar-refractivity contribution is 7.90. The summed E-state index contributed by atoms with van der Waals surface area (Å²) in [5.41, 5.74) is 0.884. The number of rotatable bonds is 3. The molecule has 2 aromatic carbocycles. The van der Waals surface area contributed by atoms with E-state index in [9.17, 15) is 12.8 Å². The van der Waals surface area contributed by atoms with E-state index in [2.05, 4.69) is 4.40 Å². The molecule has 0 saturated heterocycles. The van der Waals surface area contributed by atoms with Gasteiger partial charge >= 0.3 is 0 Å². The molecule has 6 heteroatoms. The van der Waals surface area contributed by atoms with Crippen LogP contribution in [-0.4, -0.2) is 14.6 Å². The lowest BCUT2D eigenvalue weighted by Gasteiger charge is -2.01. The van der Waals surface area contributed by atoms with Crippen LogP contribution in [0.15, 0.2) is 51.8 Å². The van der Waals surface area contributed by atoms with Crippen molar-refractivity contribution in [2.75, 3.05) is 0 Å². The lowest BCUT2D eigenvalue weighted by molar-refractivity contribution is 0.598. The quantitative estimate of drug-likeness (QED) is 0.813. The summed E-state index contributed by atoms with van der Waals surface area (Å²) in [7, 11) is -3.86. The second-order valence-corrected chi connectivity index (χ2v) is 6.20. The molecule has 0 radical (unpaired) electrons. The van der Waals surface area contributed by atoms with E-state index in [1.165, 1.54) is 30.3 Å². The Labute approximate surface area is 121 Å². The second-order valence-electron chi connectivity index (χ2n) is 4.16. The molecule has 20 heavy (non-hydrogen) atoms. The summed E-state index contributed by atoms with van der Waals surface area (Å²) in [6.07, 6.45) is 0.923. The van der Waals surface area contributed by atoms with Crippen molar-refractivity contribution in [2.45, 2.75) is 11.8 Å². The molecule has 0 saturated carbocycles. The molecule has 3 nitrogen and oxygen atoms in total. The predicted molar refractivity (Wildman–Crippen MR) is 77.4 cm³/mol. The first-order valence-corrected chi connectivity index (χ1v) is 7.53. The third kappa shape index (κ3) is 3.23. The summed E-state index contributed by atoms with van der Waals surface area (Å²) < 4.78 is 40.9. The average Bonchev–Trinajstić information content (AvgIpc) is 2.38. The van der Waals surface area contributed by atoms with Crippen LogP contribution in [0.3, 0.4) is 0 Å². The Morgan fingerprint density at radius 1 is 1.15 bits per heavy atom. The average molecular weight is 312 g/mol. The highest BCUT2D eigenvalue weighted by Gasteiger charge is 2.12. The SMILES string of the molecule is Cc1ccc(S(=O)(=O)/N=C/c2c(F)cccc2Cl)cc1. The van der Waals surface area contributed by atoms with E-state index < -0.39 is 15.8 Å². The van der Waals surface area contributed by atoms with Crippen LogP contribution in [0.1, 0.15) is 11.1 Å². The maximum Gasteiger partial charge on any atom is 0.282 e. The summed E-state index contributed by atoms with van der Waals surface area (Å²) in [4.78, 5) is 0.0480. The van der Waals surface area contributed by atoms with Gasteiger partial charge in [-0.05, 0) is 31.2 Å². The maximum atomic E-state index is 13.5. The molecule has 0 heterocycles. The molecule has 0 fully saturated rings. The van der Waals surface area contributed by atoms with Crippen molar-refractivity contribution in [1.29, 1.82) is 0 Å². The number of hydrogen-bond donors (Lipinski definition) is 0. The Morgan fingerprint density at radius 2 is 1.80 bits per heavy atom. The Morgan fingerprint density at radius 3 is 2.40 bits per heavy atom. The predicted octanol–water partition coefficient (Wildman–Crippen LogP) is 3.60. The Bertz CT molecular complexity index is 735. The highest BCUT2D eigenvalue weighted by Crippen LogP contribution is 2.18. The first-order valence-electron chi connectivity index (χ1n) is 5.71. The van der Waals surface area contributed by atoms with Crippen molar-refractivity contribution < 1.29 is 12.8 Å². The molecular weight excluding hydrogens is 301 g/mol. The van der Waals surface area contributed by atoms with Crippen LogP contribution < -0.4 is 0 Å². The molecular formula is C14H11ClFNO2S. The molecule has 0 amide bonds. The molecule has 0 aliphatic carbocycles. The summed E-state index contributed by atoms with van der Waals surface area (Å²) in [5.74, 6) is -0.625. The standard InChI is InChI=1S/C14H11ClFNO2S/c1-10-5-7-11(8-6-10)20(18,19)17-9-12-13(15)3-2-4-14(12)16/h2-9H,1H3/b17-9+. The van der Waals surface area contributed by atoms with E-state index in [4.69, 9.17) is 11.6 Å². The third-order valence-electron chi connectivity index (χ3n) is 2.64. The smallest absolute Gasteiger partial charge is 0.206 e. The van der Waals surface area contributed by atoms with Crippen molar-refractivity contribution in [2.24, 2.45) is 4.40 Å². The molecule has 0 aliphatic rings. The van der Waals surface area contributed by atoms with E-state index in [0.29, 0.717) is 0 Å². The fourth-order valence-electron chi connectivity index (χ4n) is 1.53. The minimum atomic E-state index is -3.86. The van der Waals surface area contributed by atoms with Gasteiger partial charge in [0.15, 0.2) is 0 Å². The van der Waals surface area contributed by atoms with E-state index in [1.807, 2.05) is 6.92 Å². The lowest BCUT2D eigenvalue weighted by Crippen LogP contribution is -1.99. The van der Waals surface area contributed by atoms with Crippen molar-refractivity contribution in [3.05, 3.63) is 64.4 Å². The number of nitrogens with zero attached hydrogens (tertiary/aromatic N) is 1. The first-order chi connectivity index (χ1) is 9.40. The van der Waals surface area contributed by atoms with E-state index in [-0.39, 0.29) is 15.5 Å². The Kier molecular flexibility index (Phi) is 4.20. The molecule has 0 spiro atoms. The number of benzene rings is 2. The molecule has 0 bridgehead atoms. The van der Waals surface area contributed by atoms with Crippen molar-refractivity contribution in [3.63, 3.8) is 0 Å². The zero-order valence-electron chi connectivity index (χ0n) is 10.5. The van der Waals surface area contributed by atoms with Gasteiger partial charge in [0.2, 0.25) is 0 Å². The number of aryl methyl sites for hydroxylation is 1. The summed E-state index contributed by atoms with van der Waals surface area (Å²) in [6.45, 7) is 1.85. The van der Waals surface area contributed by atoms with Crippen LogP contribution in [0.25, 0.3) is 0 Å². The minimum absolute atomic E-state index is 0.0480. The van der Waals surface area contributed by atoms with E-state index in [0.717, 1.165) is 11.8 Å². The maximum absolute atomic E-state index is 13.5. The molecule has 0 aliphatic heterocycles. The summed E-state index contributed by atoms with van der Waals surface area (Å²) in [5, 5.41) is 0.104. The topological polar surface area (TPSA) is 46.5 Å². The van der Waals surface area contributed by atoms with Gasteiger partial charge in [0.05, 0.1) is 16.1 Å². The first kappa shape index (κ1) is 14.7. The van der Waals surface area contributed by atoms with E-state index >= 15 is 0 Å². The Hall–Kier alpha value is -1.72. The minimum Gasteiger partial charge on any atom is -0.206 e. The van der Waals surface area contributed by atoms with Crippen molar-refractivity contribution in [3.8, 4) is 0 Å². The molecule has 0 atom stereocenters. The normalized spacial score (nSPS) is 11.9. The van der Waals surface area contributed by atoms with Gasteiger partial charge in [-0.25, -0.2) is 4.39 Å². The van der Waals surface area contributed by atoms with Gasteiger partial charge in [0.1, 0.15) is 5.82 Å². The number of hydrogen-bond acceptors (Lipinski definition) is 2. The zero-order chi connectivity index (χ0) is 14.8. The van der Waals surface area contributed by atoms with Gasteiger partial charge in [-0.2, -0.15) is 12.8 Å². The molecule has 0 N–H and O–H groups in total. The van der Waals surface area contributed by atoms with Crippen LogP contribution in [-0.2, 0) is 10.0 Å². The number of sulfonamides is 1. The van der Waals surface area contributed by atoms with Crippen LogP contribution in [0.5, 0.6) is 0 Å². The van der Waals surface area contributed by atoms with Gasteiger partial charge < -0.3 is 0 Å². The monoisotopic (exact) mass is 311 g/mol. The van der Waals surface area contributed by atoms with Crippen LogP contribution in [0.4, 0.5) is 4.39 Å².